The van der Waals surface area contributed by atoms with Gasteiger partial charge in [0.2, 0.25) is 11.8 Å². The van der Waals surface area contributed by atoms with Crippen molar-refractivity contribution in [3.8, 4) is 0 Å². The maximum absolute atomic E-state index is 12.8. The number of carbonyl (C=O) groups is 3. The van der Waals surface area contributed by atoms with E-state index >= 15 is 0 Å². The quantitative estimate of drug-likeness (QED) is 0.718. The van der Waals surface area contributed by atoms with Crippen molar-refractivity contribution >= 4 is 17.6 Å². The molecule has 22 heavy (non-hydrogen) atoms. The third-order valence-corrected chi connectivity index (χ3v) is 3.58. The Morgan fingerprint density at radius 1 is 1.18 bits per heavy atom. The van der Waals surface area contributed by atoms with E-state index in [1.807, 2.05) is 13.8 Å². The van der Waals surface area contributed by atoms with Gasteiger partial charge in [0.05, 0.1) is 0 Å². The first kappa shape index (κ1) is 17.8. The van der Waals surface area contributed by atoms with E-state index in [1.54, 1.807) is 0 Å². The summed E-state index contributed by atoms with van der Waals surface area (Å²) in [6, 6.07) is 4.40. The second-order valence-corrected chi connectivity index (χ2v) is 5.26. The minimum Gasteiger partial charge on any atom is -0.368 e. The fourth-order valence-corrected chi connectivity index (χ4v) is 1.98. The van der Waals surface area contributed by atoms with Crippen LogP contribution < -0.4 is 11.1 Å². The number of Topliss-reactive ketones (excluding diaryl/α,β-unsaturated/α-hetero) is 1. The van der Waals surface area contributed by atoms with Crippen LogP contribution in [0.5, 0.6) is 0 Å². The van der Waals surface area contributed by atoms with E-state index in [0.29, 0.717) is 12.0 Å². The zero-order valence-corrected chi connectivity index (χ0v) is 12.8. The Bertz CT molecular complexity index is 543. The summed E-state index contributed by atoms with van der Waals surface area (Å²) in [5.74, 6) is -1.75. The predicted octanol–water partition coefficient (Wildman–Crippen LogP) is 1.80. The lowest BCUT2D eigenvalue weighted by Gasteiger charge is -2.21. The zero-order chi connectivity index (χ0) is 16.7. The van der Waals surface area contributed by atoms with Gasteiger partial charge in [0.15, 0.2) is 5.78 Å². The molecule has 1 aromatic rings. The number of amides is 2. The Labute approximate surface area is 129 Å². The molecular formula is C16H21FN2O3. The van der Waals surface area contributed by atoms with E-state index in [4.69, 9.17) is 5.73 Å². The molecule has 0 heterocycles. The van der Waals surface area contributed by atoms with Crippen LogP contribution in [-0.4, -0.2) is 23.6 Å². The molecule has 0 aliphatic carbocycles. The van der Waals surface area contributed by atoms with Crippen LogP contribution in [0.25, 0.3) is 0 Å². The van der Waals surface area contributed by atoms with E-state index in [9.17, 15) is 18.8 Å². The van der Waals surface area contributed by atoms with Crippen LogP contribution in [0.1, 0.15) is 43.5 Å². The van der Waals surface area contributed by atoms with Gasteiger partial charge in [-0.15, -0.1) is 0 Å². The van der Waals surface area contributed by atoms with Crippen molar-refractivity contribution in [2.24, 2.45) is 11.7 Å². The third kappa shape index (κ3) is 5.27. The van der Waals surface area contributed by atoms with Gasteiger partial charge in [-0.2, -0.15) is 0 Å². The number of carbonyl (C=O) groups excluding carboxylic acids is 3. The summed E-state index contributed by atoms with van der Waals surface area (Å²) in [6.45, 7) is 3.71. The summed E-state index contributed by atoms with van der Waals surface area (Å²) in [6.07, 6.45) is 0.641. The molecule has 0 aliphatic heterocycles. The molecule has 3 N–H and O–H groups in total. The second kappa shape index (κ2) is 8.26. The Kier molecular flexibility index (Phi) is 6.69. The van der Waals surface area contributed by atoms with Crippen molar-refractivity contribution in [1.82, 2.24) is 5.32 Å². The van der Waals surface area contributed by atoms with Crippen molar-refractivity contribution < 1.29 is 18.8 Å². The number of primary amides is 1. The van der Waals surface area contributed by atoms with Crippen LogP contribution in [0.15, 0.2) is 24.3 Å². The van der Waals surface area contributed by atoms with Crippen molar-refractivity contribution in [2.75, 3.05) is 0 Å². The molecule has 2 amide bonds. The minimum atomic E-state index is -0.738. The number of nitrogens with two attached hydrogens (primary N) is 1. The van der Waals surface area contributed by atoms with Gasteiger partial charge >= 0.3 is 0 Å². The highest BCUT2D eigenvalue weighted by molar-refractivity contribution is 5.98. The van der Waals surface area contributed by atoms with Gasteiger partial charge in [-0.25, -0.2) is 4.39 Å². The molecule has 0 saturated carbocycles. The van der Waals surface area contributed by atoms with Gasteiger partial charge in [0.25, 0.3) is 0 Å². The molecule has 5 nitrogen and oxygen atoms in total. The maximum atomic E-state index is 12.8. The summed E-state index contributed by atoms with van der Waals surface area (Å²) >= 11 is 0. The predicted molar refractivity (Wildman–Crippen MR) is 80.5 cm³/mol. The van der Waals surface area contributed by atoms with E-state index in [0.717, 1.165) is 0 Å². The molecule has 0 saturated heterocycles. The van der Waals surface area contributed by atoms with Crippen molar-refractivity contribution in [1.29, 1.82) is 0 Å². The van der Waals surface area contributed by atoms with Crippen LogP contribution in [0.3, 0.4) is 0 Å². The number of benzene rings is 1. The van der Waals surface area contributed by atoms with Gasteiger partial charge in [0, 0.05) is 18.4 Å². The Morgan fingerprint density at radius 2 is 1.77 bits per heavy atom. The Balaban J connectivity index is 2.53. The standard InChI is InChI=1S/C16H21FN2O3/c1-3-10(2)15(16(18)22)19-14(21)9-8-13(20)11-4-6-12(17)7-5-11/h4-7,10,15H,3,8-9H2,1-2H3,(H2,18,22)(H,19,21). The number of nitrogens with one attached hydrogen (secondary N) is 1. The van der Waals surface area contributed by atoms with Crippen molar-refractivity contribution in [2.45, 2.75) is 39.2 Å². The molecule has 0 fully saturated rings. The topological polar surface area (TPSA) is 89.3 Å². The van der Waals surface area contributed by atoms with E-state index < -0.39 is 23.7 Å². The molecular weight excluding hydrogens is 287 g/mol. The molecule has 6 heteroatoms. The van der Waals surface area contributed by atoms with E-state index in [-0.39, 0.29) is 24.5 Å². The smallest absolute Gasteiger partial charge is 0.240 e. The summed E-state index contributed by atoms with van der Waals surface area (Å²) < 4.78 is 12.8. The summed E-state index contributed by atoms with van der Waals surface area (Å²) in [4.78, 5) is 35.0. The van der Waals surface area contributed by atoms with Crippen molar-refractivity contribution in [3.63, 3.8) is 0 Å². The fraction of sp³-hybridized carbons (Fsp3) is 0.438. The highest BCUT2D eigenvalue weighted by Crippen LogP contribution is 2.10. The van der Waals surface area contributed by atoms with E-state index in [1.165, 1.54) is 24.3 Å². The molecule has 0 radical (unpaired) electrons. The van der Waals surface area contributed by atoms with Crippen molar-refractivity contribution in [3.05, 3.63) is 35.6 Å². The van der Waals surface area contributed by atoms with Gasteiger partial charge in [0.1, 0.15) is 11.9 Å². The molecule has 0 aliphatic rings. The third-order valence-electron chi connectivity index (χ3n) is 3.58. The molecule has 1 aromatic carbocycles. The first-order valence-electron chi connectivity index (χ1n) is 7.22. The molecule has 0 spiro atoms. The average Bonchev–Trinajstić information content (AvgIpc) is 2.49. The van der Waals surface area contributed by atoms with Crippen LogP contribution in [-0.2, 0) is 9.59 Å². The molecule has 120 valence electrons. The van der Waals surface area contributed by atoms with Crippen LogP contribution in [0.2, 0.25) is 0 Å². The number of hydrogen-bond acceptors (Lipinski definition) is 3. The largest absolute Gasteiger partial charge is 0.368 e. The maximum Gasteiger partial charge on any atom is 0.240 e. The number of hydrogen-bond donors (Lipinski definition) is 2. The summed E-state index contributed by atoms with van der Waals surface area (Å²) in [5.41, 5.74) is 5.62. The zero-order valence-electron chi connectivity index (χ0n) is 12.8. The van der Waals surface area contributed by atoms with Crippen LogP contribution in [0.4, 0.5) is 4.39 Å². The van der Waals surface area contributed by atoms with E-state index in [2.05, 4.69) is 5.32 Å². The first-order valence-corrected chi connectivity index (χ1v) is 7.22. The Morgan fingerprint density at radius 3 is 2.27 bits per heavy atom. The van der Waals surface area contributed by atoms with Crippen LogP contribution >= 0.6 is 0 Å². The minimum absolute atomic E-state index is 0.0105. The molecule has 0 aromatic heterocycles. The number of rotatable bonds is 8. The molecule has 0 bridgehead atoms. The highest BCUT2D eigenvalue weighted by atomic mass is 19.1. The summed E-state index contributed by atoms with van der Waals surface area (Å²) in [7, 11) is 0. The monoisotopic (exact) mass is 308 g/mol. The van der Waals surface area contributed by atoms with Gasteiger partial charge < -0.3 is 11.1 Å². The lowest BCUT2D eigenvalue weighted by Crippen LogP contribution is -2.48. The normalized spacial score (nSPS) is 13.2. The average molecular weight is 308 g/mol. The Hall–Kier alpha value is -2.24. The fourth-order valence-electron chi connectivity index (χ4n) is 1.98. The SMILES string of the molecule is CCC(C)C(NC(=O)CCC(=O)c1ccc(F)cc1)C(N)=O. The van der Waals surface area contributed by atoms with Gasteiger partial charge in [-0.05, 0) is 30.2 Å². The molecule has 2 atom stereocenters. The second-order valence-electron chi connectivity index (χ2n) is 5.26. The number of ketones is 1. The molecule has 2 unspecified atom stereocenters. The first-order chi connectivity index (χ1) is 10.3. The van der Waals surface area contributed by atoms with Crippen LogP contribution in [0, 0.1) is 11.7 Å². The highest BCUT2D eigenvalue weighted by Gasteiger charge is 2.23. The number of halogens is 1. The van der Waals surface area contributed by atoms with Gasteiger partial charge in [-0.1, -0.05) is 20.3 Å². The molecule has 1 rings (SSSR count). The lowest BCUT2D eigenvalue weighted by molar-refractivity contribution is -0.128. The lowest BCUT2D eigenvalue weighted by atomic mass is 9.98. The van der Waals surface area contributed by atoms with Gasteiger partial charge in [-0.3, -0.25) is 14.4 Å². The summed E-state index contributed by atoms with van der Waals surface area (Å²) in [5, 5.41) is 2.56.